The second-order valence-electron chi connectivity index (χ2n) is 4.82. The van der Waals surface area contributed by atoms with Crippen LogP contribution in [0.1, 0.15) is 11.1 Å². The molecule has 2 aromatic carbocycles. The topological polar surface area (TPSA) is 47.3 Å². The minimum absolute atomic E-state index is 0.0786. The highest BCUT2D eigenvalue weighted by Crippen LogP contribution is 2.22. The summed E-state index contributed by atoms with van der Waals surface area (Å²) in [6, 6.07) is 12.6. The summed E-state index contributed by atoms with van der Waals surface area (Å²) >= 11 is 3.36. The van der Waals surface area contributed by atoms with Crippen LogP contribution >= 0.6 is 15.9 Å². The molecule has 112 valence electrons. The predicted molar refractivity (Wildman–Crippen MR) is 85.6 cm³/mol. The van der Waals surface area contributed by atoms with Crippen molar-refractivity contribution in [1.29, 1.82) is 0 Å². The van der Waals surface area contributed by atoms with Crippen LogP contribution in [0.25, 0.3) is 0 Å². The Morgan fingerprint density at radius 3 is 2.62 bits per heavy atom. The van der Waals surface area contributed by atoms with E-state index in [4.69, 9.17) is 10.6 Å². The zero-order valence-electron chi connectivity index (χ0n) is 11.8. The number of halogens is 2. The molecule has 3 N–H and O–H groups in total. The van der Waals surface area contributed by atoms with Crippen molar-refractivity contribution in [2.24, 2.45) is 5.84 Å². The van der Waals surface area contributed by atoms with Crippen molar-refractivity contribution in [3.63, 3.8) is 0 Å². The quantitative estimate of drug-likeness (QED) is 0.619. The fourth-order valence-electron chi connectivity index (χ4n) is 2.29. The van der Waals surface area contributed by atoms with Gasteiger partial charge in [-0.25, -0.2) is 4.39 Å². The fraction of sp³-hybridized carbons (Fsp3) is 0.250. The largest absolute Gasteiger partial charge is 0.496 e. The van der Waals surface area contributed by atoms with Crippen LogP contribution < -0.4 is 16.0 Å². The lowest BCUT2D eigenvalue weighted by Crippen LogP contribution is -2.38. The molecule has 0 saturated carbocycles. The van der Waals surface area contributed by atoms with E-state index in [-0.39, 0.29) is 11.9 Å². The van der Waals surface area contributed by atoms with Gasteiger partial charge in [0.15, 0.2) is 0 Å². The average molecular weight is 353 g/mol. The lowest BCUT2D eigenvalue weighted by atomic mass is 9.98. The van der Waals surface area contributed by atoms with Crippen molar-refractivity contribution >= 4 is 15.9 Å². The summed E-state index contributed by atoms with van der Waals surface area (Å²) < 4.78 is 20.0. The smallest absolute Gasteiger partial charge is 0.126 e. The van der Waals surface area contributed by atoms with Gasteiger partial charge in [-0.15, -0.1) is 0 Å². The summed E-state index contributed by atoms with van der Waals surface area (Å²) in [7, 11) is 1.64. The third-order valence-corrected chi connectivity index (χ3v) is 3.86. The molecule has 1 atom stereocenters. The van der Waals surface area contributed by atoms with Crippen LogP contribution in [0.5, 0.6) is 5.75 Å². The van der Waals surface area contributed by atoms with E-state index in [0.717, 1.165) is 15.8 Å². The molecule has 0 bridgehead atoms. The zero-order valence-corrected chi connectivity index (χ0v) is 13.4. The molecule has 0 radical (unpaired) electrons. The summed E-state index contributed by atoms with van der Waals surface area (Å²) in [4.78, 5) is 0. The molecule has 21 heavy (non-hydrogen) atoms. The van der Waals surface area contributed by atoms with E-state index in [1.54, 1.807) is 19.2 Å². The molecule has 0 aliphatic rings. The first-order valence-electron chi connectivity index (χ1n) is 6.66. The molecule has 0 amide bonds. The number of ether oxygens (including phenoxy) is 1. The Hall–Kier alpha value is -1.43. The Labute approximate surface area is 132 Å². The van der Waals surface area contributed by atoms with E-state index in [1.165, 1.54) is 6.07 Å². The van der Waals surface area contributed by atoms with Crippen LogP contribution in [-0.4, -0.2) is 13.2 Å². The molecule has 0 aliphatic heterocycles. The third kappa shape index (κ3) is 4.27. The van der Waals surface area contributed by atoms with Crippen molar-refractivity contribution in [1.82, 2.24) is 5.43 Å². The lowest BCUT2D eigenvalue weighted by molar-refractivity contribution is 0.404. The SMILES string of the molecule is COc1ccccc1CC(Cc1cc(Br)ccc1F)NN. The maximum atomic E-state index is 13.8. The Morgan fingerprint density at radius 1 is 1.19 bits per heavy atom. The van der Waals surface area contributed by atoms with Crippen LogP contribution in [0.15, 0.2) is 46.9 Å². The van der Waals surface area contributed by atoms with Crippen molar-refractivity contribution in [3.05, 3.63) is 63.9 Å². The van der Waals surface area contributed by atoms with Crippen molar-refractivity contribution < 1.29 is 9.13 Å². The van der Waals surface area contributed by atoms with Gasteiger partial charge in [0.2, 0.25) is 0 Å². The summed E-state index contributed by atoms with van der Waals surface area (Å²) in [5, 5.41) is 0. The summed E-state index contributed by atoms with van der Waals surface area (Å²) in [6.07, 6.45) is 1.16. The molecule has 2 rings (SSSR count). The third-order valence-electron chi connectivity index (χ3n) is 3.37. The Kier molecular flexibility index (Phi) is 5.73. The predicted octanol–water partition coefficient (Wildman–Crippen LogP) is 3.21. The van der Waals surface area contributed by atoms with Crippen LogP contribution in [0.2, 0.25) is 0 Å². The van der Waals surface area contributed by atoms with Crippen LogP contribution in [0, 0.1) is 5.82 Å². The second kappa shape index (κ2) is 7.54. The summed E-state index contributed by atoms with van der Waals surface area (Å²) in [5.74, 6) is 6.21. The monoisotopic (exact) mass is 352 g/mol. The minimum Gasteiger partial charge on any atom is -0.496 e. The average Bonchev–Trinajstić information content (AvgIpc) is 2.50. The molecule has 0 aliphatic carbocycles. The van der Waals surface area contributed by atoms with Gasteiger partial charge in [-0.3, -0.25) is 11.3 Å². The van der Waals surface area contributed by atoms with Crippen molar-refractivity contribution in [3.8, 4) is 5.75 Å². The Bertz CT molecular complexity index is 607. The van der Waals surface area contributed by atoms with Crippen LogP contribution in [0.3, 0.4) is 0 Å². The molecule has 0 fully saturated rings. The van der Waals surface area contributed by atoms with Gasteiger partial charge in [0.1, 0.15) is 11.6 Å². The van der Waals surface area contributed by atoms with E-state index in [0.29, 0.717) is 18.4 Å². The number of para-hydroxylation sites is 1. The summed E-state index contributed by atoms with van der Waals surface area (Å²) in [5.41, 5.74) is 4.43. The molecule has 0 aromatic heterocycles. The number of methoxy groups -OCH3 is 1. The van der Waals surface area contributed by atoms with E-state index in [1.807, 2.05) is 24.3 Å². The molecule has 0 saturated heterocycles. The Balaban J connectivity index is 2.15. The number of benzene rings is 2. The first kappa shape index (κ1) is 15.9. The number of nitrogens with two attached hydrogens (primary N) is 1. The van der Waals surface area contributed by atoms with E-state index in [2.05, 4.69) is 21.4 Å². The van der Waals surface area contributed by atoms with Crippen molar-refractivity contribution in [2.45, 2.75) is 18.9 Å². The molecule has 0 spiro atoms. The first-order chi connectivity index (χ1) is 10.1. The molecule has 1 unspecified atom stereocenters. The van der Waals surface area contributed by atoms with Crippen LogP contribution in [0.4, 0.5) is 4.39 Å². The van der Waals surface area contributed by atoms with Gasteiger partial charge in [-0.05, 0) is 48.2 Å². The van der Waals surface area contributed by atoms with Gasteiger partial charge in [0, 0.05) is 10.5 Å². The van der Waals surface area contributed by atoms with E-state index in [9.17, 15) is 4.39 Å². The van der Waals surface area contributed by atoms with Gasteiger partial charge in [0.25, 0.3) is 0 Å². The summed E-state index contributed by atoms with van der Waals surface area (Å²) in [6.45, 7) is 0. The van der Waals surface area contributed by atoms with Gasteiger partial charge in [-0.2, -0.15) is 0 Å². The van der Waals surface area contributed by atoms with Gasteiger partial charge in [0.05, 0.1) is 7.11 Å². The first-order valence-corrected chi connectivity index (χ1v) is 7.45. The fourth-order valence-corrected chi connectivity index (χ4v) is 2.70. The Morgan fingerprint density at radius 2 is 1.90 bits per heavy atom. The number of nitrogens with one attached hydrogen (secondary N) is 1. The molecule has 2 aromatic rings. The molecular weight excluding hydrogens is 335 g/mol. The van der Waals surface area contributed by atoms with Gasteiger partial charge >= 0.3 is 0 Å². The highest BCUT2D eigenvalue weighted by atomic mass is 79.9. The number of hydrogen-bond acceptors (Lipinski definition) is 3. The second-order valence-corrected chi connectivity index (χ2v) is 5.74. The maximum Gasteiger partial charge on any atom is 0.126 e. The standard InChI is InChI=1S/C16H18BrFN2O/c1-21-16-5-3-2-4-11(16)9-14(20-19)10-12-8-13(17)6-7-15(12)18/h2-8,14,20H,9-10,19H2,1H3. The number of hydrazine groups is 1. The van der Waals surface area contributed by atoms with E-state index < -0.39 is 0 Å². The number of hydrogen-bond donors (Lipinski definition) is 2. The number of rotatable bonds is 6. The maximum absolute atomic E-state index is 13.8. The molecule has 5 heteroatoms. The lowest BCUT2D eigenvalue weighted by Gasteiger charge is -2.18. The highest BCUT2D eigenvalue weighted by molar-refractivity contribution is 9.10. The molecular formula is C16H18BrFN2O. The molecule has 3 nitrogen and oxygen atoms in total. The zero-order chi connectivity index (χ0) is 15.2. The van der Waals surface area contributed by atoms with Gasteiger partial charge in [-0.1, -0.05) is 34.1 Å². The molecule has 0 heterocycles. The van der Waals surface area contributed by atoms with Gasteiger partial charge < -0.3 is 4.74 Å². The van der Waals surface area contributed by atoms with E-state index >= 15 is 0 Å². The highest BCUT2D eigenvalue weighted by Gasteiger charge is 2.14. The normalized spacial score (nSPS) is 12.2. The van der Waals surface area contributed by atoms with Crippen molar-refractivity contribution in [2.75, 3.05) is 7.11 Å². The van der Waals surface area contributed by atoms with Crippen LogP contribution in [-0.2, 0) is 12.8 Å². The minimum atomic E-state index is -0.224.